The zero-order valence-electron chi connectivity index (χ0n) is 8.57. The summed E-state index contributed by atoms with van der Waals surface area (Å²) in [4.78, 5) is 24.6. The fourth-order valence-electron chi connectivity index (χ4n) is 1.51. The number of rotatable bonds is 1. The highest BCUT2D eigenvalue weighted by Gasteiger charge is 2.44. The molecule has 1 heterocycles. The van der Waals surface area contributed by atoms with Crippen LogP contribution in [0.2, 0.25) is 0 Å². The average Bonchev–Trinajstić information content (AvgIpc) is 2.38. The van der Waals surface area contributed by atoms with Gasteiger partial charge in [0.05, 0.1) is 5.69 Å². The van der Waals surface area contributed by atoms with Crippen LogP contribution >= 0.6 is 0 Å². The van der Waals surface area contributed by atoms with Crippen LogP contribution in [-0.2, 0) is 4.79 Å². The Bertz CT molecular complexity index is 412. The summed E-state index contributed by atoms with van der Waals surface area (Å²) in [6.07, 6.45) is 0. The average molecular weight is 203 g/mol. The van der Waals surface area contributed by atoms with Crippen molar-refractivity contribution >= 4 is 17.6 Å². The Kier molecular flexibility index (Phi) is 2.00. The minimum absolute atomic E-state index is 0.237. The van der Waals surface area contributed by atoms with E-state index in [0.29, 0.717) is 5.69 Å². The smallest absolute Gasteiger partial charge is 0.323 e. The van der Waals surface area contributed by atoms with E-state index in [1.807, 2.05) is 0 Å². The normalized spacial score (nSPS) is 19.2. The Morgan fingerprint density at radius 1 is 1.27 bits per heavy atom. The summed E-state index contributed by atoms with van der Waals surface area (Å²) < 4.78 is 0. The molecule has 1 saturated heterocycles. The molecule has 4 nitrogen and oxygen atoms in total. The lowest BCUT2D eigenvalue weighted by atomic mass is 10.1. The molecule has 0 spiro atoms. The Labute approximate surface area is 87.9 Å². The first kappa shape index (κ1) is 9.71. The predicted octanol–water partition coefficient (Wildman–Crippen LogP) is 1.32. The molecule has 1 aromatic rings. The molecule has 0 unspecified atom stereocenters. The molecule has 15 heavy (non-hydrogen) atoms. The minimum atomic E-state index is -0.823. The van der Waals surface area contributed by atoms with Crippen molar-refractivity contribution in [3.63, 3.8) is 0 Å². The van der Waals surface area contributed by atoms with Crippen molar-refractivity contribution in [3.05, 3.63) is 30.3 Å². The molecule has 0 aromatic heterocycles. The lowest BCUT2D eigenvalue weighted by Gasteiger charge is -2.15. The van der Waals surface area contributed by atoms with Gasteiger partial charge < -0.3 is 5.32 Å². The molecule has 3 amide bonds. The van der Waals surface area contributed by atoms with Gasteiger partial charge in [0.15, 0.2) is 0 Å². The van der Waals surface area contributed by atoms with Gasteiger partial charge in [-0.1, -0.05) is 12.1 Å². The molecule has 2 rings (SSSR count). The van der Waals surface area contributed by atoms with Crippen LogP contribution in [0.4, 0.5) is 10.5 Å². The van der Waals surface area contributed by atoms with Crippen molar-refractivity contribution in [1.29, 1.82) is 0 Å². The second-order valence-electron chi connectivity index (χ2n) is 3.95. The molecule has 0 aliphatic carbocycles. The van der Waals surface area contributed by atoms with Crippen LogP contribution in [0.15, 0.2) is 24.3 Å². The molecule has 0 atom stereocenters. The first-order valence-corrected chi connectivity index (χ1v) is 4.65. The molecular formula is C11H11N2O2. The van der Waals surface area contributed by atoms with Crippen molar-refractivity contribution < 1.29 is 9.59 Å². The van der Waals surface area contributed by atoms with Gasteiger partial charge in [-0.2, -0.15) is 0 Å². The maximum Gasteiger partial charge on any atom is 0.329 e. The van der Waals surface area contributed by atoms with Crippen LogP contribution in [0.5, 0.6) is 0 Å². The molecule has 77 valence electrons. The largest absolute Gasteiger partial charge is 0.329 e. The summed E-state index contributed by atoms with van der Waals surface area (Å²) in [6.45, 7) is 3.37. The van der Waals surface area contributed by atoms with Gasteiger partial charge in [-0.05, 0) is 32.0 Å². The molecule has 4 heteroatoms. The van der Waals surface area contributed by atoms with E-state index >= 15 is 0 Å². The molecule has 1 aromatic carbocycles. The topological polar surface area (TPSA) is 49.4 Å². The third-order valence-electron chi connectivity index (χ3n) is 2.32. The van der Waals surface area contributed by atoms with Crippen LogP contribution in [0, 0.1) is 6.07 Å². The lowest BCUT2D eigenvalue weighted by molar-refractivity contribution is -0.120. The summed E-state index contributed by atoms with van der Waals surface area (Å²) >= 11 is 0. The zero-order valence-corrected chi connectivity index (χ0v) is 8.57. The molecule has 1 aliphatic rings. The summed E-state index contributed by atoms with van der Waals surface area (Å²) in [6, 6.07) is 9.15. The summed E-state index contributed by atoms with van der Waals surface area (Å²) in [5.41, 5.74) is -0.252. The van der Waals surface area contributed by atoms with Gasteiger partial charge in [0, 0.05) is 0 Å². The number of nitrogens with one attached hydrogen (secondary N) is 1. The molecule has 0 bridgehead atoms. The molecule has 0 saturated carbocycles. The molecular weight excluding hydrogens is 192 g/mol. The van der Waals surface area contributed by atoms with E-state index in [2.05, 4.69) is 11.4 Å². The van der Waals surface area contributed by atoms with Gasteiger partial charge in [-0.15, -0.1) is 0 Å². The van der Waals surface area contributed by atoms with Gasteiger partial charge in [0.2, 0.25) is 0 Å². The summed E-state index contributed by atoms with van der Waals surface area (Å²) in [5, 5.41) is 2.62. The van der Waals surface area contributed by atoms with Crippen LogP contribution in [-0.4, -0.2) is 17.5 Å². The molecule has 1 N–H and O–H groups in total. The number of hydrogen-bond donors (Lipinski definition) is 1. The van der Waals surface area contributed by atoms with E-state index in [1.165, 1.54) is 0 Å². The second kappa shape index (κ2) is 3.08. The Morgan fingerprint density at radius 3 is 2.33 bits per heavy atom. The van der Waals surface area contributed by atoms with Gasteiger partial charge in [-0.3, -0.25) is 4.79 Å². The third kappa shape index (κ3) is 1.48. The Balaban J connectivity index is 2.40. The number of benzene rings is 1. The number of hydrogen-bond acceptors (Lipinski definition) is 2. The van der Waals surface area contributed by atoms with Crippen molar-refractivity contribution in [2.75, 3.05) is 4.90 Å². The van der Waals surface area contributed by atoms with Gasteiger partial charge in [0.25, 0.3) is 5.91 Å². The van der Waals surface area contributed by atoms with Crippen LogP contribution < -0.4 is 10.2 Å². The molecule has 1 radical (unpaired) electrons. The number of anilines is 1. The number of urea groups is 1. The fraction of sp³-hybridized carbons (Fsp3) is 0.273. The van der Waals surface area contributed by atoms with E-state index in [4.69, 9.17) is 0 Å². The maximum absolute atomic E-state index is 11.9. The van der Waals surface area contributed by atoms with E-state index in [-0.39, 0.29) is 11.9 Å². The van der Waals surface area contributed by atoms with Crippen LogP contribution in [0.3, 0.4) is 0 Å². The monoisotopic (exact) mass is 203 g/mol. The summed E-state index contributed by atoms with van der Waals surface area (Å²) in [7, 11) is 0. The highest BCUT2D eigenvalue weighted by Crippen LogP contribution is 2.23. The molecule has 1 aliphatic heterocycles. The van der Waals surface area contributed by atoms with Crippen molar-refractivity contribution in [2.24, 2.45) is 0 Å². The van der Waals surface area contributed by atoms with Crippen molar-refractivity contribution in [3.8, 4) is 0 Å². The van der Waals surface area contributed by atoms with E-state index in [1.54, 1.807) is 38.1 Å². The Morgan fingerprint density at radius 2 is 1.87 bits per heavy atom. The molecule has 1 fully saturated rings. The SMILES string of the molecule is CC1(C)NC(=O)N(c2cc[c]cc2)C1=O. The Hall–Kier alpha value is -1.84. The first-order valence-electron chi connectivity index (χ1n) is 4.65. The summed E-state index contributed by atoms with van der Waals surface area (Å²) in [5.74, 6) is -0.237. The van der Waals surface area contributed by atoms with Crippen molar-refractivity contribution in [1.82, 2.24) is 5.32 Å². The number of amides is 3. The van der Waals surface area contributed by atoms with Gasteiger partial charge >= 0.3 is 6.03 Å². The van der Waals surface area contributed by atoms with Crippen molar-refractivity contribution in [2.45, 2.75) is 19.4 Å². The predicted molar refractivity (Wildman–Crippen MR) is 55.4 cm³/mol. The number of imide groups is 1. The third-order valence-corrected chi connectivity index (χ3v) is 2.32. The standard InChI is InChI=1S/C11H11N2O2/c1-11(2)9(14)13(10(15)12-11)8-6-4-3-5-7-8/h4-7H,1-2H3,(H,12,15). The van der Waals surface area contributed by atoms with Crippen LogP contribution in [0.25, 0.3) is 0 Å². The second-order valence-corrected chi connectivity index (χ2v) is 3.95. The first-order chi connectivity index (χ1) is 7.02. The zero-order chi connectivity index (χ0) is 11.1. The quantitative estimate of drug-likeness (QED) is 0.700. The lowest BCUT2D eigenvalue weighted by Crippen LogP contribution is -2.40. The number of nitrogens with zero attached hydrogens (tertiary/aromatic N) is 1. The maximum atomic E-state index is 11.9. The highest BCUT2D eigenvalue weighted by molar-refractivity contribution is 6.22. The fourth-order valence-corrected chi connectivity index (χ4v) is 1.51. The van der Waals surface area contributed by atoms with Crippen LogP contribution in [0.1, 0.15) is 13.8 Å². The minimum Gasteiger partial charge on any atom is -0.323 e. The highest BCUT2D eigenvalue weighted by atomic mass is 16.2. The van der Waals surface area contributed by atoms with E-state index in [9.17, 15) is 9.59 Å². The number of carbonyl (C=O) groups excluding carboxylic acids is 2. The number of carbonyl (C=O) groups is 2. The van der Waals surface area contributed by atoms with E-state index in [0.717, 1.165) is 4.90 Å². The van der Waals surface area contributed by atoms with E-state index < -0.39 is 5.54 Å². The van der Waals surface area contributed by atoms with Gasteiger partial charge in [-0.25, -0.2) is 9.69 Å². The van der Waals surface area contributed by atoms with Gasteiger partial charge in [0.1, 0.15) is 5.54 Å².